The fraction of sp³-hybridized carbons (Fsp3) is 0.467. The normalized spacial score (nSPS) is 16.1. The topological polar surface area (TPSA) is 87.5 Å². The van der Waals surface area contributed by atoms with Gasteiger partial charge in [0.1, 0.15) is 0 Å². The van der Waals surface area contributed by atoms with Gasteiger partial charge in [-0.15, -0.1) is 0 Å². The zero-order chi connectivity index (χ0) is 15.2. The second kappa shape index (κ2) is 7.08. The molecule has 0 saturated carbocycles. The SMILES string of the molecule is Cc1c(N)cccc1NC(=O)CCN1CCCNC(=O)C1. The van der Waals surface area contributed by atoms with Crippen LogP contribution in [0.2, 0.25) is 0 Å². The van der Waals surface area contributed by atoms with E-state index in [9.17, 15) is 9.59 Å². The predicted molar refractivity (Wildman–Crippen MR) is 82.9 cm³/mol. The van der Waals surface area contributed by atoms with E-state index in [0.29, 0.717) is 31.7 Å². The summed E-state index contributed by atoms with van der Waals surface area (Å²) in [7, 11) is 0. The molecule has 1 aromatic carbocycles. The van der Waals surface area contributed by atoms with Crippen LogP contribution < -0.4 is 16.4 Å². The minimum Gasteiger partial charge on any atom is -0.398 e. The maximum absolute atomic E-state index is 12.0. The summed E-state index contributed by atoms with van der Waals surface area (Å²) >= 11 is 0. The molecule has 114 valence electrons. The summed E-state index contributed by atoms with van der Waals surface area (Å²) in [4.78, 5) is 25.5. The Balaban J connectivity index is 1.84. The molecule has 0 aromatic heterocycles. The van der Waals surface area contributed by atoms with E-state index in [1.165, 1.54) is 0 Å². The zero-order valence-corrected chi connectivity index (χ0v) is 12.3. The Hall–Kier alpha value is -2.08. The van der Waals surface area contributed by atoms with Crippen molar-refractivity contribution in [2.45, 2.75) is 19.8 Å². The number of nitrogens with one attached hydrogen (secondary N) is 2. The smallest absolute Gasteiger partial charge is 0.234 e. The van der Waals surface area contributed by atoms with Crippen molar-refractivity contribution in [3.8, 4) is 0 Å². The van der Waals surface area contributed by atoms with Crippen molar-refractivity contribution in [2.24, 2.45) is 0 Å². The van der Waals surface area contributed by atoms with Gasteiger partial charge in [-0.25, -0.2) is 0 Å². The van der Waals surface area contributed by atoms with Crippen LogP contribution in [-0.2, 0) is 9.59 Å². The van der Waals surface area contributed by atoms with E-state index < -0.39 is 0 Å². The van der Waals surface area contributed by atoms with Gasteiger partial charge < -0.3 is 16.4 Å². The van der Waals surface area contributed by atoms with Crippen LogP contribution in [0, 0.1) is 6.92 Å². The van der Waals surface area contributed by atoms with E-state index in [-0.39, 0.29) is 11.8 Å². The van der Waals surface area contributed by atoms with Crippen molar-refractivity contribution in [3.05, 3.63) is 23.8 Å². The molecule has 6 heteroatoms. The van der Waals surface area contributed by atoms with Crippen LogP contribution in [0.15, 0.2) is 18.2 Å². The van der Waals surface area contributed by atoms with Gasteiger partial charge in [0, 0.05) is 37.4 Å². The third-order valence-corrected chi connectivity index (χ3v) is 3.65. The van der Waals surface area contributed by atoms with Crippen molar-refractivity contribution in [3.63, 3.8) is 0 Å². The van der Waals surface area contributed by atoms with Crippen LogP contribution in [-0.4, -0.2) is 42.9 Å². The Bertz CT molecular complexity index is 530. The van der Waals surface area contributed by atoms with Crippen molar-refractivity contribution in [2.75, 3.05) is 37.2 Å². The van der Waals surface area contributed by atoms with Gasteiger partial charge in [-0.3, -0.25) is 14.5 Å². The molecule has 6 nitrogen and oxygen atoms in total. The first-order valence-electron chi connectivity index (χ1n) is 7.20. The first kappa shape index (κ1) is 15.3. The van der Waals surface area contributed by atoms with Crippen LogP contribution in [0.1, 0.15) is 18.4 Å². The van der Waals surface area contributed by atoms with E-state index in [1.807, 2.05) is 24.0 Å². The van der Waals surface area contributed by atoms with Gasteiger partial charge >= 0.3 is 0 Å². The highest BCUT2D eigenvalue weighted by Gasteiger charge is 2.15. The molecule has 0 atom stereocenters. The fourth-order valence-corrected chi connectivity index (χ4v) is 2.32. The van der Waals surface area contributed by atoms with Crippen molar-refractivity contribution >= 4 is 23.2 Å². The van der Waals surface area contributed by atoms with Gasteiger partial charge in [0.15, 0.2) is 0 Å². The first-order valence-corrected chi connectivity index (χ1v) is 7.20. The van der Waals surface area contributed by atoms with Gasteiger partial charge in [0.05, 0.1) is 6.54 Å². The maximum atomic E-state index is 12.0. The minimum absolute atomic E-state index is 0.0274. The summed E-state index contributed by atoms with van der Waals surface area (Å²) in [5.74, 6) is -0.0343. The number of rotatable bonds is 4. The molecule has 1 saturated heterocycles. The largest absolute Gasteiger partial charge is 0.398 e. The molecule has 0 radical (unpaired) electrons. The number of hydrogen-bond donors (Lipinski definition) is 3. The predicted octanol–water partition coefficient (Wildman–Crippen LogP) is 0.728. The third kappa shape index (κ3) is 4.46. The second-order valence-corrected chi connectivity index (χ2v) is 5.30. The summed E-state index contributed by atoms with van der Waals surface area (Å²) in [6.07, 6.45) is 1.28. The van der Waals surface area contributed by atoms with Crippen molar-refractivity contribution in [1.82, 2.24) is 10.2 Å². The molecular weight excluding hydrogens is 268 g/mol. The highest BCUT2D eigenvalue weighted by atomic mass is 16.2. The summed E-state index contributed by atoms with van der Waals surface area (Å²) in [6, 6.07) is 5.46. The lowest BCUT2D eigenvalue weighted by Gasteiger charge is -2.18. The summed E-state index contributed by atoms with van der Waals surface area (Å²) in [5.41, 5.74) is 8.10. The number of benzene rings is 1. The molecule has 21 heavy (non-hydrogen) atoms. The maximum Gasteiger partial charge on any atom is 0.234 e. The number of nitrogens with two attached hydrogens (primary N) is 1. The highest BCUT2D eigenvalue weighted by molar-refractivity contribution is 5.92. The van der Waals surface area contributed by atoms with Crippen molar-refractivity contribution < 1.29 is 9.59 Å². The van der Waals surface area contributed by atoms with Crippen molar-refractivity contribution in [1.29, 1.82) is 0 Å². The van der Waals surface area contributed by atoms with E-state index in [1.54, 1.807) is 6.07 Å². The van der Waals surface area contributed by atoms with Gasteiger partial charge in [-0.05, 0) is 31.0 Å². The Labute approximate surface area is 124 Å². The molecule has 0 unspecified atom stereocenters. The summed E-state index contributed by atoms with van der Waals surface area (Å²) < 4.78 is 0. The van der Waals surface area contributed by atoms with Gasteiger partial charge in [0.25, 0.3) is 0 Å². The van der Waals surface area contributed by atoms with Gasteiger partial charge in [-0.2, -0.15) is 0 Å². The van der Waals surface area contributed by atoms with E-state index in [0.717, 1.165) is 24.2 Å². The number of nitrogens with zero attached hydrogens (tertiary/aromatic N) is 1. The van der Waals surface area contributed by atoms with Gasteiger partial charge in [-0.1, -0.05) is 6.07 Å². The number of nitrogen functional groups attached to an aromatic ring is 1. The van der Waals surface area contributed by atoms with Crippen LogP contribution in [0.3, 0.4) is 0 Å². The molecule has 2 rings (SSSR count). The molecule has 4 N–H and O–H groups in total. The minimum atomic E-state index is -0.0617. The Morgan fingerprint density at radius 2 is 2.29 bits per heavy atom. The summed E-state index contributed by atoms with van der Waals surface area (Å²) in [6.45, 7) is 4.38. The molecule has 0 bridgehead atoms. The number of carbonyl (C=O) groups excluding carboxylic acids is 2. The van der Waals surface area contributed by atoms with Crippen LogP contribution in [0.25, 0.3) is 0 Å². The molecule has 2 amide bonds. The molecule has 0 aliphatic carbocycles. The molecule has 1 heterocycles. The lowest BCUT2D eigenvalue weighted by molar-refractivity contribution is -0.122. The fourth-order valence-electron chi connectivity index (χ4n) is 2.32. The average Bonchev–Trinajstić information content (AvgIpc) is 2.66. The molecular formula is C15H22N4O2. The number of amides is 2. The Morgan fingerprint density at radius 1 is 1.48 bits per heavy atom. The van der Waals surface area contributed by atoms with E-state index in [2.05, 4.69) is 10.6 Å². The Morgan fingerprint density at radius 3 is 3.10 bits per heavy atom. The zero-order valence-electron chi connectivity index (χ0n) is 12.3. The lowest BCUT2D eigenvalue weighted by atomic mass is 10.1. The molecule has 1 aliphatic heterocycles. The van der Waals surface area contributed by atoms with Crippen LogP contribution in [0.5, 0.6) is 0 Å². The number of carbonyl (C=O) groups is 2. The second-order valence-electron chi connectivity index (χ2n) is 5.30. The Kier molecular flexibility index (Phi) is 5.16. The average molecular weight is 290 g/mol. The monoisotopic (exact) mass is 290 g/mol. The van der Waals surface area contributed by atoms with Gasteiger partial charge in [0.2, 0.25) is 11.8 Å². The molecule has 1 aromatic rings. The molecule has 1 aliphatic rings. The molecule has 0 spiro atoms. The highest BCUT2D eigenvalue weighted by Crippen LogP contribution is 2.20. The number of anilines is 2. The first-order chi connectivity index (χ1) is 10.1. The number of hydrogen-bond acceptors (Lipinski definition) is 4. The molecule has 1 fully saturated rings. The lowest BCUT2D eigenvalue weighted by Crippen LogP contribution is -2.34. The quantitative estimate of drug-likeness (QED) is 0.713. The standard InChI is InChI=1S/C15H22N4O2/c1-11-12(16)4-2-5-13(11)18-14(20)6-9-19-8-3-7-17-15(21)10-19/h2,4-5H,3,6-10,16H2,1H3,(H,17,21)(H,18,20). The third-order valence-electron chi connectivity index (χ3n) is 3.65. The van der Waals surface area contributed by atoms with Crippen LogP contribution in [0.4, 0.5) is 11.4 Å². The van der Waals surface area contributed by atoms with E-state index >= 15 is 0 Å². The van der Waals surface area contributed by atoms with Crippen LogP contribution >= 0.6 is 0 Å². The summed E-state index contributed by atoms with van der Waals surface area (Å²) in [5, 5.41) is 5.69. The van der Waals surface area contributed by atoms with E-state index in [4.69, 9.17) is 5.73 Å².